The summed E-state index contributed by atoms with van der Waals surface area (Å²) in [6.07, 6.45) is 7.58. The average molecular weight is 222 g/mol. The summed E-state index contributed by atoms with van der Waals surface area (Å²) in [5.74, 6) is 0.115. The number of hydrogen-bond donors (Lipinski definition) is 0. The molecule has 2 fully saturated rings. The molecule has 0 radical (unpaired) electrons. The largest absolute Gasteiger partial charge is 0.299 e. The van der Waals surface area contributed by atoms with Gasteiger partial charge in [-0.2, -0.15) is 0 Å². The second kappa shape index (κ2) is 4.31. The lowest BCUT2D eigenvalue weighted by Gasteiger charge is -2.37. The molecule has 2 nitrogen and oxygen atoms in total. The molecule has 2 aliphatic carbocycles. The second-order valence-corrected chi connectivity index (χ2v) is 5.99. The van der Waals surface area contributed by atoms with E-state index in [1.165, 1.54) is 25.7 Å². The topological polar surface area (TPSA) is 34.1 Å². The first-order valence-electron chi connectivity index (χ1n) is 6.60. The Morgan fingerprint density at radius 2 is 1.88 bits per heavy atom. The minimum absolute atomic E-state index is 0.00510. The van der Waals surface area contributed by atoms with E-state index in [0.29, 0.717) is 11.8 Å². The maximum Gasteiger partial charge on any atom is 0.145 e. The normalized spacial score (nSPS) is 28.9. The van der Waals surface area contributed by atoms with Crippen molar-refractivity contribution >= 4 is 11.6 Å². The molecule has 1 unspecified atom stereocenters. The van der Waals surface area contributed by atoms with E-state index in [1.807, 2.05) is 13.8 Å². The molecule has 2 aliphatic rings. The number of hydrogen-bond acceptors (Lipinski definition) is 2. The number of ketones is 2. The van der Waals surface area contributed by atoms with E-state index >= 15 is 0 Å². The first kappa shape index (κ1) is 11.8. The summed E-state index contributed by atoms with van der Waals surface area (Å²) in [5, 5.41) is 0. The first-order valence-corrected chi connectivity index (χ1v) is 6.60. The van der Waals surface area contributed by atoms with Gasteiger partial charge in [-0.15, -0.1) is 0 Å². The van der Waals surface area contributed by atoms with Gasteiger partial charge in [0.2, 0.25) is 0 Å². The fraction of sp³-hybridized carbons (Fsp3) is 0.857. The maximum atomic E-state index is 12.0. The third-order valence-corrected chi connectivity index (χ3v) is 4.50. The van der Waals surface area contributed by atoms with Crippen molar-refractivity contribution in [3.05, 3.63) is 0 Å². The van der Waals surface area contributed by atoms with E-state index in [2.05, 4.69) is 0 Å². The zero-order valence-electron chi connectivity index (χ0n) is 10.4. The van der Waals surface area contributed by atoms with Crippen molar-refractivity contribution in [3.8, 4) is 0 Å². The lowest BCUT2D eigenvalue weighted by atomic mass is 9.66. The first-order chi connectivity index (χ1) is 7.54. The fourth-order valence-corrected chi connectivity index (χ4v) is 3.45. The summed E-state index contributed by atoms with van der Waals surface area (Å²) >= 11 is 0. The molecule has 0 aliphatic heterocycles. The standard InChI is InChI=1S/C14H22O2/c1-10(2)13(16)11-9-14(6-3-4-7-14)8-5-12(11)15/h10-11H,3-9H2,1-2H3. The molecule has 0 aromatic heterocycles. The molecular formula is C14H22O2. The van der Waals surface area contributed by atoms with Gasteiger partial charge in [0, 0.05) is 12.3 Å². The molecule has 16 heavy (non-hydrogen) atoms. The molecule has 2 heteroatoms. The highest BCUT2D eigenvalue weighted by Crippen LogP contribution is 2.50. The van der Waals surface area contributed by atoms with Crippen LogP contribution in [0.3, 0.4) is 0 Å². The van der Waals surface area contributed by atoms with Crippen molar-refractivity contribution in [1.29, 1.82) is 0 Å². The SMILES string of the molecule is CC(C)C(=O)C1CC2(CCCC2)CCC1=O. The highest BCUT2D eigenvalue weighted by Gasteiger charge is 2.44. The Morgan fingerprint density at radius 1 is 1.25 bits per heavy atom. The summed E-state index contributed by atoms with van der Waals surface area (Å²) in [6.45, 7) is 3.82. The third-order valence-electron chi connectivity index (χ3n) is 4.50. The average Bonchev–Trinajstić information content (AvgIpc) is 2.70. The van der Waals surface area contributed by atoms with Crippen LogP contribution in [0.4, 0.5) is 0 Å². The van der Waals surface area contributed by atoms with Crippen LogP contribution in [0.25, 0.3) is 0 Å². The Bertz CT molecular complexity index is 298. The van der Waals surface area contributed by atoms with E-state index in [0.717, 1.165) is 12.8 Å². The zero-order valence-corrected chi connectivity index (χ0v) is 10.4. The minimum Gasteiger partial charge on any atom is -0.299 e. The van der Waals surface area contributed by atoms with Gasteiger partial charge in [-0.1, -0.05) is 26.7 Å². The van der Waals surface area contributed by atoms with E-state index in [9.17, 15) is 9.59 Å². The summed E-state index contributed by atoms with van der Waals surface area (Å²) in [6, 6.07) is 0. The van der Waals surface area contributed by atoms with Gasteiger partial charge in [0.05, 0.1) is 5.92 Å². The Morgan fingerprint density at radius 3 is 2.44 bits per heavy atom. The molecule has 0 bridgehead atoms. The molecule has 90 valence electrons. The van der Waals surface area contributed by atoms with E-state index in [4.69, 9.17) is 0 Å². The highest BCUT2D eigenvalue weighted by molar-refractivity contribution is 6.03. The molecule has 0 aromatic rings. The molecule has 1 spiro atoms. The monoisotopic (exact) mass is 222 g/mol. The van der Waals surface area contributed by atoms with Gasteiger partial charge in [0.25, 0.3) is 0 Å². The lowest BCUT2D eigenvalue weighted by molar-refractivity contribution is -0.139. The van der Waals surface area contributed by atoms with Gasteiger partial charge in [0.1, 0.15) is 11.6 Å². The molecule has 1 atom stereocenters. The van der Waals surface area contributed by atoms with Crippen molar-refractivity contribution in [2.24, 2.45) is 17.3 Å². The Kier molecular flexibility index (Phi) is 3.18. The highest BCUT2D eigenvalue weighted by atomic mass is 16.2. The number of carbonyl (C=O) groups excluding carboxylic acids is 2. The van der Waals surface area contributed by atoms with Gasteiger partial charge in [-0.3, -0.25) is 9.59 Å². The third kappa shape index (κ3) is 2.07. The number of carbonyl (C=O) groups is 2. The van der Waals surface area contributed by atoms with Crippen molar-refractivity contribution in [1.82, 2.24) is 0 Å². The van der Waals surface area contributed by atoms with E-state index in [-0.39, 0.29) is 23.4 Å². The summed E-state index contributed by atoms with van der Waals surface area (Å²) in [7, 11) is 0. The van der Waals surface area contributed by atoms with Crippen LogP contribution in [0.2, 0.25) is 0 Å². The quantitative estimate of drug-likeness (QED) is 0.673. The van der Waals surface area contributed by atoms with Crippen molar-refractivity contribution in [2.45, 2.75) is 58.8 Å². The van der Waals surface area contributed by atoms with E-state index in [1.54, 1.807) is 0 Å². The van der Waals surface area contributed by atoms with Gasteiger partial charge < -0.3 is 0 Å². The van der Waals surface area contributed by atoms with Crippen LogP contribution in [0.15, 0.2) is 0 Å². The Balaban J connectivity index is 2.11. The molecule has 0 aromatic carbocycles. The van der Waals surface area contributed by atoms with Crippen molar-refractivity contribution in [3.63, 3.8) is 0 Å². The van der Waals surface area contributed by atoms with Crippen molar-refractivity contribution < 1.29 is 9.59 Å². The second-order valence-electron chi connectivity index (χ2n) is 5.99. The summed E-state index contributed by atoms with van der Waals surface area (Å²) in [4.78, 5) is 23.9. The predicted octanol–water partition coefficient (Wildman–Crippen LogP) is 3.14. The number of Topliss-reactive ketones (excluding diaryl/α,β-unsaturated/α-hetero) is 2. The summed E-state index contributed by atoms with van der Waals surface area (Å²) in [5.41, 5.74) is 0.350. The molecule has 2 saturated carbocycles. The number of rotatable bonds is 2. The molecular weight excluding hydrogens is 200 g/mol. The van der Waals surface area contributed by atoms with Gasteiger partial charge >= 0.3 is 0 Å². The molecule has 2 rings (SSSR count). The minimum atomic E-state index is -0.271. The van der Waals surface area contributed by atoms with Crippen molar-refractivity contribution in [2.75, 3.05) is 0 Å². The van der Waals surface area contributed by atoms with Crippen LogP contribution in [0.5, 0.6) is 0 Å². The van der Waals surface area contributed by atoms with Crippen LogP contribution in [-0.2, 0) is 9.59 Å². The van der Waals surface area contributed by atoms with Gasteiger partial charge in [-0.25, -0.2) is 0 Å². The Hall–Kier alpha value is -0.660. The molecule has 0 amide bonds. The maximum absolute atomic E-state index is 12.0. The van der Waals surface area contributed by atoms with Crippen LogP contribution in [0.1, 0.15) is 58.8 Å². The zero-order chi connectivity index (χ0) is 11.8. The Labute approximate surface area is 97.8 Å². The van der Waals surface area contributed by atoms with E-state index < -0.39 is 0 Å². The molecule has 0 heterocycles. The van der Waals surface area contributed by atoms with Crippen LogP contribution >= 0.6 is 0 Å². The molecule has 0 saturated heterocycles. The van der Waals surface area contributed by atoms with Crippen LogP contribution in [0, 0.1) is 17.3 Å². The lowest BCUT2D eigenvalue weighted by Crippen LogP contribution is -2.38. The summed E-state index contributed by atoms with van der Waals surface area (Å²) < 4.78 is 0. The molecule has 0 N–H and O–H groups in total. The predicted molar refractivity (Wildman–Crippen MR) is 63.1 cm³/mol. The van der Waals surface area contributed by atoms with Gasteiger partial charge in [0.15, 0.2) is 0 Å². The van der Waals surface area contributed by atoms with Gasteiger partial charge in [-0.05, 0) is 31.1 Å². The smallest absolute Gasteiger partial charge is 0.145 e. The van der Waals surface area contributed by atoms with Crippen LogP contribution < -0.4 is 0 Å². The van der Waals surface area contributed by atoms with Crippen LogP contribution in [-0.4, -0.2) is 11.6 Å². The fourth-order valence-electron chi connectivity index (χ4n) is 3.45.